The Labute approximate surface area is 101 Å². The van der Waals surface area contributed by atoms with Gasteiger partial charge >= 0.3 is 6.36 Å². The van der Waals surface area contributed by atoms with Crippen LogP contribution in [0.4, 0.5) is 13.2 Å². The van der Waals surface area contributed by atoms with Crippen LogP contribution in [0.25, 0.3) is 0 Å². The summed E-state index contributed by atoms with van der Waals surface area (Å²) >= 11 is 7.08. The number of nitrogens with zero attached hydrogens (tertiary/aromatic N) is 1. The summed E-state index contributed by atoms with van der Waals surface area (Å²) in [6.45, 7) is 0. The van der Waals surface area contributed by atoms with E-state index in [1.807, 2.05) is 0 Å². The van der Waals surface area contributed by atoms with Gasteiger partial charge in [-0.25, -0.2) is 4.98 Å². The number of ether oxygens (including phenoxy) is 1. The predicted octanol–water partition coefficient (Wildman–Crippen LogP) is 3.03. The highest BCUT2D eigenvalue weighted by atomic mass is 127. The highest BCUT2D eigenvalue weighted by molar-refractivity contribution is 14.1. The van der Waals surface area contributed by atoms with Crippen LogP contribution in [0.5, 0.6) is 11.5 Å². The molecule has 1 aromatic heterocycles. The monoisotopic (exact) mass is 353 g/mol. The Hall–Kier alpha value is -0.440. The number of aromatic hydroxyl groups is 1. The topological polar surface area (TPSA) is 42.4 Å². The summed E-state index contributed by atoms with van der Waals surface area (Å²) in [5.74, 6) is -1.59. The van der Waals surface area contributed by atoms with E-state index in [1.165, 1.54) is 0 Å². The predicted molar refractivity (Wildman–Crippen MR) is 54.9 cm³/mol. The zero-order valence-corrected chi connectivity index (χ0v) is 9.89. The summed E-state index contributed by atoms with van der Waals surface area (Å²) in [7, 11) is 0. The van der Waals surface area contributed by atoms with Crippen molar-refractivity contribution in [1.29, 1.82) is 0 Å². The van der Waals surface area contributed by atoms with Crippen molar-refractivity contribution in [2.45, 2.75) is 12.2 Å². The van der Waals surface area contributed by atoms with E-state index < -0.39 is 17.9 Å². The molecule has 1 aromatic rings. The molecule has 0 radical (unpaired) electrons. The minimum atomic E-state index is -4.86. The quantitative estimate of drug-likeness (QED) is 0.505. The van der Waals surface area contributed by atoms with Crippen molar-refractivity contribution in [2.75, 3.05) is 0 Å². The molecule has 8 heteroatoms. The summed E-state index contributed by atoms with van der Waals surface area (Å²) in [6.07, 6.45) is -4.86. The molecule has 3 nitrogen and oxygen atoms in total. The lowest BCUT2D eigenvalue weighted by molar-refractivity contribution is -0.275. The normalized spacial score (nSPS) is 11.5. The van der Waals surface area contributed by atoms with Gasteiger partial charge in [-0.2, -0.15) is 0 Å². The van der Waals surface area contributed by atoms with Gasteiger partial charge in [-0.15, -0.1) is 24.8 Å². The SMILES string of the molecule is Oc1c(OC(F)(F)F)cc(I)nc1CCl. The van der Waals surface area contributed by atoms with Gasteiger partial charge in [0, 0.05) is 6.07 Å². The maximum atomic E-state index is 11.9. The smallest absolute Gasteiger partial charge is 0.503 e. The molecule has 0 atom stereocenters. The fourth-order valence-corrected chi connectivity index (χ4v) is 1.59. The number of rotatable bonds is 2. The Morgan fingerprint density at radius 2 is 2.13 bits per heavy atom. The number of alkyl halides is 4. The Morgan fingerprint density at radius 3 is 2.60 bits per heavy atom. The van der Waals surface area contributed by atoms with Crippen LogP contribution in [0.15, 0.2) is 6.07 Å². The number of hydrogen-bond donors (Lipinski definition) is 1. The maximum absolute atomic E-state index is 11.9. The average Bonchev–Trinajstić information content (AvgIpc) is 2.08. The first kappa shape index (κ1) is 12.6. The molecule has 1 heterocycles. The number of hydrogen-bond acceptors (Lipinski definition) is 3. The van der Waals surface area contributed by atoms with Crippen molar-refractivity contribution in [2.24, 2.45) is 0 Å². The van der Waals surface area contributed by atoms with Gasteiger partial charge in [0.2, 0.25) is 0 Å². The molecular formula is C7H4ClF3INO2. The third-order valence-electron chi connectivity index (χ3n) is 1.35. The van der Waals surface area contributed by atoms with Gasteiger partial charge < -0.3 is 9.84 Å². The second kappa shape index (κ2) is 4.60. The molecule has 0 aliphatic carbocycles. The molecule has 0 fully saturated rings. The maximum Gasteiger partial charge on any atom is 0.573 e. The van der Waals surface area contributed by atoms with E-state index in [0.29, 0.717) is 0 Å². The molecule has 0 bridgehead atoms. The van der Waals surface area contributed by atoms with Crippen molar-refractivity contribution in [3.05, 3.63) is 15.5 Å². The standard InChI is InChI=1S/C7H4ClF3INO2/c8-2-3-6(14)4(1-5(12)13-3)15-7(9,10)11/h1,14H,2H2. The van der Waals surface area contributed by atoms with Gasteiger partial charge in [0.15, 0.2) is 11.5 Å². The summed E-state index contributed by atoms with van der Waals surface area (Å²) in [5.41, 5.74) is -0.0529. The molecule has 1 rings (SSSR count). The van der Waals surface area contributed by atoms with Crippen LogP contribution in [-0.4, -0.2) is 16.5 Å². The molecule has 0 aliphatic rings. The van der Waals surface area contributed by atoms with Gasteiger partial charge in [-0.05, 0) is 22.6 Å². The Balaban J connectivity index is 3.12. The first-order valence-corrected chi connectivity index (χ1v) is 5.15. The molecule has 1 N–H and O–H groups in total. The van der Waals surface area contributed by atoms with Crippen molar-refractivity contribution in [1.82, 2.24) is 4.98 Å². The van der Waals surface area contributed by atoms with Crippen molar-refractivity contribution in [3.8, 4) is 11.5 Å². The Morgan fingerprint density at radius 1 is 1.53 bits per heavy atom. The summed E-state index contributed by atoms with van der Waals surface area (Å²) in [4.78, 5) is 3.74. The molecule has 0 unspecified atom stereocenters. The van der Waals surface area contributed by atoms with E-state index in [2.05, 4.69) is 9.72 Å². The third-order valence-corrected chi connectivity index (χ3v) is 2.16. The van der Waals surface area contributed by atoms with Crippen LogP contribution in [0, 0.1) is 3.70 Å². The van der Waals surface area contributed by atoms with Crippen molar-refractivity contribution < 1.29 is 23.0 Å². The molecule has 15 heavy (non-hydrogen) atoms. The number of halogens is 5. The lowest BCUT2D eigenvalue weighted by Crippen LogP contribution is -2.17. The molecule has 0 amide bonds. The zero-order valence-electron chi connectivity index (χ0n) is 6.98. The summed E-state index contributed by atoms with van der Waals surface area (Å²) in [5, 5.41) is 9.30. The molecule has 84 valence electrons. The van der Waals surface area contributed by atoms with Crippen LogP contribution >= 0.6 is 34.2 Å². The Kier molecular flexibility index (Phi) is 3.87. The highest BCUT2D eigenvalue weighted by Crippen LogP contribution is 2.34. The van der Waals surface area contributed by atoms with Crippen LogP contribution in [0.3, 0.4) is 0 Å². The number of aromatic nitrogens is 1. The lowest BCUT2D eigenvalue weighted by Gasteiger charge is -2.11. The zero-order chi connectivity index (χ0) is 11.6. The second-order valence-corrected chi connectivity index (χ2v) is 3.79. The minimum absolute atomic E-state index is 0.0529. The molecule has 0 spiro atoms. The highest BCUT2D eigenvalue weighted by Gasteiger charge is 2.33. The van der Waals surface area contributed by atoms with E-state index in [0.717, 1.165) is 6.07 Å². The lowest BCUT2D eigenvalue weighted by atomic mass is 10.3. The van der Waals surface area contributed by atoms with Gasteiger partial charge in [-0.1, -0.05) is 0 Å². The van der Waals surface area contributed by atoms with Gasteiger partial charge in [0.05, 0.1) is 5.88 Å². The molecule has 0 saturated heterocycles. The van der Waals surface area contributed by atoms with Crippen molar-refractivity contribution in [3.63, 3.8) is 0 Å². The first-order chi connectivity index (χ1) is 6.83. The van der Waals surface area contributed by atoms with E-state index in [4.69, 9.17) is 11.6 Å². The summed E-state index contributed by atoms with van der Waals surface area (Å²) in [6, 6.07) is 0.972. The van der Waals surface area contributed by atoms with Crippen LogP contribution < -0.4 is 4.74 Å². The van der Waals surface area contributed by atoms with Crippen molar-refractivity contribution >= 4 is 34.2 Å². The fraction of sp³-hybridized carbons (Fsp3) is 0.286. The third kappa shape index (κ3) is 3.56. The first-order valence-electron chi connectivity index (χ1n) is 3.53. The van der Waals surface area contributed by atoms with Crippen LogP contribution in [-0.2, 0) is 5.88 Å². The van der Waals surface area contributed by atoms with Gasteiger partial charge in [0.1, 0.15) is 9.39 Å². The molecule has 0 aromatic carbocycles. The Bertz CT molecular complexity index is 372. The molecule has 0 aliphatic heterocycles. The van der Waals surface area contributed by atoms with E-state index in [9.17, 15) is 18.3 Å². The van der Waals surface area contributed by atoms with Crippen LogP contribution in [0.1, 0.15) is 5.69 Å². The fourth-order valence-electron chi connectivity index (χ4n) is 0.829. The van der Waals surface area contributed by atoms with Gasteiger partial charge in [-0.3, -0.25) is 0 Å². The summed E-state index contributed by atoms with van der Waals surface area (Å²) < 4.78 is 39.6. The van der Waals surface area contributed by atoms with Gasteiger partial charge in [0.25, 0.3) is 0 Å². The largest absolute Gasteiger partial charge is 0.573 e. The molecular weight excluding hydrogens is 349 g/mol. The van der Waals surface area contributed by atoms with E-state index in [-0.39, 0.29) is 15.3 Å². The van der Waals surface area contributed by atoms with E-state index in [1.54, 1.807) is 22.6 Å². The van der Waals surface area contributed by atoms with Crippen LogP contribution in [0.2, 0.25) is 0 Å². The number of pyridine rings is 1. The average molecular weight is 353 g/mol. The molecule has 0 saturated carbocycles. The van der Waals surface area contributed by atoms with E-state index >= 15 is 0 Å². The minimum Gasteiger partial charge on any atom is -0.503 e. The second-order valence-electron chi connectivity index (χ2n) is 2.42.